The summed E-state index contributed by atoms with van der Waals surface area (Å²) in [7, 11) is 5.96. The first kappa shape index (κ1) is 44.5. The third-order valence-electron chi connectivity index (χ3n) is 10.9. The number of anilines is 1. The van der Waals surface area contributed by atoms with Crippen molar-refractivity contribution >= 4 is 64.8 Å². The van der Waals surface area contributed by atoms with Crippen LogP contribution in [0.4, 0.5) is 21.9 Å². The van der Waals surface area contributed by atoms with E-state index in [0.29, 0.717) is 24.3 Å². The fourth-order valence-electron chi connectivity index (χ4n) is 7.62. The van der Waals surface area contributed by atoms with Crippen LogP contribution in [0.3, 0.4) is 0 Å². The molecule has 2 fully saturated rings. The zero-order chi connectivity index (χ0) is 43.3. The topological polar surface area (TPSA) is 192 Å². The minimum atomic E-state index is -1.23. The number of epoxide rings is 1. The molecule has 17 heteroatoms. The second kappa shape index (κ2) is 18.6. The molecule has 2 saturated heterocycles. The maximum atomic E-state index is 14.2. The van der Waals surface area contributed by atoms with Gasteiger partial charge in [0, 0.05) is 45.8 Å². The van der Waals surface area contributed by atoms with Crippen LogP contribution in [0.5, 0.6) is 5.75 Å². The number of amides is 3. The van der Waals surface area contributed by atoms with E-state index < -0.39 is 77.3 Å². The fourth-order valence-corrected chi connectivity index (χ4v) is 7.93. The molecule has 316 valence electrons. The standard InChI is InChI=1S/C42H50ClN5O11/c1-10-26-29(48(53)54)16-15-27(38(26)44-11-2)40(51)46(6)22-36(50)58-34-21-35(49)47(7)30-18-25(19-33(56-9)37(30)43)17-23(3)13-12-14-31(55-8)28-20-32(57-41(52)45-28)24(4)39-42(34,5)59-39/h10-16,18-19,24,28,31-32,34,39H,1,17,20-22H2,2-9H3,(H,45,52)/b14-12+,23-13+,44-11?/t24-,28?,31-,32+,34+,39+,42+/m1/s1. The summed E-state index contributed by atoms with van der Waals surface area (Å²) in [5, 5.41) is 14.8. The summed E-state index contributed by atoms with van der Waals surface area (Å²) in [6, 6.07) is 5.59. The normalized spacial score (nSPS) is 27.3. The number of carbonyl (C=O) groups is 4. The van der Waals surface area contributed by atoms with Gasteiger partial charge in [0.15, 0.2) is 0 Å². The predicted molar refractivity (Wildman–Crippen MR) is 222 cm³/mol. The van der Waals surface area contributed by atoms with Crippen LogP contribution in [0.25, 0.3) is 6.08 Å². The van der Waals surface area contributed by atoms with E-state index in [9.17, 15) is 29.3 Å². The first-order valence-electron chi connectivity index (χ1n) is 19.0. The number of alkyl carbamates (subject to hydrolysis) is 1. The van der Waals surface area contributed by atoms with Crippen molar-refractivity contribution in [1.29, 1.82) is 0 Å². The molecule has 3 aliphatic heterocycles. The number of nitro groups is 1. The van der Waals surface area contributed by atoms with Crippen molar-refractivity contribution in [2.75, 3.05) is 39.8 Å². The van der Waals surface area contributed by atoms with Crippen LogP contribution in [0.15, 0.2) is 59.6 Å². The highest BCUT2D eigenvalue weighted by molar-refractivity contribution is 6.35. The van der Waals surface area contributed by atoms with Gasteiger partial charge in [-0.05, 0) is 51.0 Å². The highest BCUT2D eigenvalue weighted by atomic mass is 35.5. The Hall–Kier alpha value is -5.58. The molecule has 5 rings (SSSR count). The molecule has 2 aromatic rings. The second-order valence-electron chi connectivity index (χ2n) is 15.0. The van der Waals surface area contributed by atoms with Gasteiger partial charge in [-0.15, -0.1) is 0 Å². The summed E-state index contributed by atoms with van der Waals surface area (Å²) in [5.41, 5.74) is 0.694. The number of fused-ring (bicyclic) bond motifs is 5. The third kappa shape index (κ3) is 9.67. The lowest BCUT2D eigenvalue weighted by Gasteiger charge is -2.36. The van der Waals surface area contributed by atoms with E-state index in [1.54, 1.807) is 40.1 Å². The summed E-state index contributed by atoms with van der Waals surface area (Å²) in [5.74, 6) is -2.06. The van der Waals surface area contributed by atoms with Crippen LogP contribution in [0, 0.1) is 16.0 Å². The smallest absolute Gasteiger partial charge is 0.407 e. The molecule has 0 aliphatic carbocycles. The van der Waals surface area contributed by atoms with Crippen molar-refractivity contribution < 1.29 is 47.8 Å². The SMILES string of the molecule is C=Cc1c([N+](=O)[O-])ccc(C(=O)N(C)CC(=O)O[C@H]2CC(=O)N(C)c3cc(cc(OC)c3Cl)C/C(C)=C/C=C/[C@@H](OC)C3C[C@H](OC(=O)N3)[C@@H](C)[C@@H]3O[C@@]23C)c1N=CC. The Morgan fingerprint density at radius 3 is 2.63 bits per heavy atom. The molecule has 7 atom stereocenters. The maximum absolute atomic E-state index is 14.2. The van der Waals surface area contributed by atoms with Gasteiger partial charge in [0.1, 0.15) is 35.1 Å². The number of methoxy groups -OCH3 is 2. The molecule has 0 saturated carbocycles. The number of esters is 1. The van der Waals surface area contributed by atoms with E-state index in [1.807, 2.05) is 32.1 Å². The number of likely N-dealkylation sites (N-methyl/N-ethyl adjacent to an activating group) is 1. The lowest BCUT2D eigenvalue weighted by Crippen LogP contribution is -2.53. The molecule has 3 aliphatic rings. The number of hydrogen-bond acceptors (Lipinski definition) is 12. The van der Waals surface area contributed by atoms with Gasteiger partial charge in [-0.3, -0.25) is 29.5 Å². The van der Waals surface area contributed by atoms with E-state index >= 15 is 0 Å². The molecule has 16 nitrogen and oxygen atoms in total. The summed E-state index contributed by atoms with van der Waals surface area (Å²) in [6.45, 7) is 10.2. The number of rotatable bonds is 9. The highest BCUT2D eigenvalue weighted by Gasteiger charge is 2.63. The number of aliphatic imine (C=N–C) groups is 1. The van der Waals surface area contributed by atoms with Crippen molar-refractivity contribution in [2.45, 2.75) is 83.0 Å². The number of halogens is 1. The minimum absolute atomic E-state index is 0.00441. The van der Waals surface area contributed by atoms with Gasteiger partial charge in [0.25, 0.3) is 11.6 Å². The Balaban J connectivity index is 1.49. The maximum Gasteiger partial charge on any atom is 0.407 e. The molecule has 2 aromatic carbocycles. The number of nitrogens with zero attached hydrogens (tertiary/aromatic N) is 4. The van der Waals surface area contributed by atoms with E-state index in [2.05, 4.69) is 16.9 Å². The second-order valence-corrected chi connectivity index (χ2v) is 15.3. The fraction of sp³-hybridized carbons (Fsp3) is 0.452. The zero-order valence-corrected chi connectivity index (χ0v) is 35.1. The third-order valence-corrected chi connectivity index (χ3v) is 11.3. The van der Waals surface area contributed by atoms with E-state index in [-0.39, 0.29) is 33.9 Å². The first-order valence-corrected chi connectivity index (χ1v) is 19.4. The lowest BCUT2D eigenvalue weighted by molar-refractivity contribution is -0.385. The van der Waals surface area contributed by atoms with Gasteiger partial charge in [0.2, 0.25) is 5.91 Å². The molecular formula is C42H50ClN5O11. The molecule has 0 spiro atoms. The number of ether oxygens (including phenoxy) is 5. The predicted octanol–water partition coefficient (Wildman–Crippen LogP) is 6.39. The lowest BCUT2D eigenvalue weighted by atomic mass is 9.85. The molecule has 3 amide bonds. The van der Waals surface area contributed by atoms with E-state index in [4.69, 9.17) is 35.3 Å². The number of nitrogens with one attached hydrogen (secondary N) is 1. The average molecular weight is 836 g/mol. The number of hydrogen-bond donors (Lipinski definition) is 1. The molecule has 1 unspecified atom stereocenters. The average Bonchev–Trinajstić information content (AvgIpc) is 3.90. The Kier molecular flexibility index (Phi) is 14.0. The molecule has 1 N–H and O–H groups in total. The van der Waals surface area contributed by atoms with Crippen molar-refractivity contribution in [3.63, 3.8) is 0 Å². The summed E-state index contributed by atoms with van der Waals surface area (Å²) in [4.78, 5) is 72.4. The van der Waals surface area contributed by atoms with E-state index in [1.165, 1.54) is 43.5 Å². The molecule has 0 radical (unpaired) electrons. The minimum Gasteiger partial charge on any atom is -0.495 e. The Morgan fingerprint density at radius 1 is 1.25 bits per heavy atom. The van der Waals surface area contributed by atoms with Gasteiger partial charge < -0.3 is 38.8 Å². The zero-order valence-electron chi connectivity index (χ0n) is 34.4. The van der Waals surface area contributed by atoms with Crippen molar-refractivity contribution in [2.24, 2.45) is 10.9 Å². The number of nitro benzene ring substituents is 1. The quantitative estimate of drug-likeness (QED) is 0.0968. The summed E-state index contributed by atoms with van der Waals surface area (Å²) < 4.78 is 29.5. The number of carbonyl (C=O) groups excluding carboxylic acids is 4. The first-order chi connectivity index (χ1) is 28.0. The molecule has 4 bridgehead atoms. The Morgan fingerprint density at radius 2 is 1.98 bits per heavy atom. The molecule has 3 heterocycles. The summed E-state index contributed by atoms with van der Waals surface area (Å²) >= 11 is 6.78. The van der Waals surface area contributed by atoms with E-state index in [0.717, 1.165) is 16.0 Å². The van der Waals surface area contributed by atoms with Gasteiger partial charge in [-0.1, -0.05) is 55.0 Å². The largest absolute Gasteiger partial charge is 0.495 e. The van der Waals surface area contributed by atoms with Crippen LogP contribution in [0.2, 0.25) is 5.02 Å². The monoisotopic (exact) mass is 835 g/mol. The van der Waals surface area contributed by atoms with Gasteiger partial charge in [-0.2, -0.15) is 0 Å². The van der Waals surface area contributed by atoms with Gasteiger partial charge in [0.05, 0.1) is 59.2 Å². The van der Waals surface area contributed by atoms with Crippen LogP contribution >= 0.6 is 11.6 Å². The number of allylic oxidation sites excluding steroid dienone is 3. The van der Waals surface area contributed by atoms with Crippen molar-refractivity contribution in [3.8, 4) is 5.75 Å². The molecule has 59 heavy (non-hydrogen) atoms. The van der Waals surface area contributed by atoms with Gasteiger partial charge in [-0.25, -0.2) is 4.79 Å². The highest BCUT2D eigenvalue weighted by Crippen LogP contribution is 2.49. The van der Waals surface area contributed by atoms with Crippen LogP contribution < -0.4 is 15.0 Å². The Bertz CT molecular complexity index is 2100. The van der Waals surface area contributed by atoms with Crippen LogP contribution in [-0.4, -0.2) is 111 Å². The summed E-state index contributed by atoms with van der Waals surface area (Å²) in [6.07, 6.45) is 5.25. The number of benzene rings is 2. The van der Waals surface area contributed by atoms with Crippen molar-refractivity contribution in [3.05, 3.63) is 86.5 Å². The van der Waals surface area contributed by atoms with Crippen LogP contribution in [0.1, 0.15) is 62.0 Å². The van der Waals surface area contributed by atoms with Crippen molar-refractivity contribution in [1.82, 2.24) is 10.2 Å². The van der Waals surface area contributed by atoms with Gasteiger partial charge >= 0.3 is 12.1 Å². The molecule has 0 aromatic heterocycles. The Labute approximate surface area is 347 Å². The molecular weight excluding hydrogens is 786 g/mol. The van der Waals surface area contributed by atoms with Crippen LogP contribution in [-0.2, 0) is 35.0 Å².